The summed E-state index contributed by atoms with van der Waals surface area (Å²) in [4.78, 5) is 11.6. The molecule has 0 spiro atoms. The summed E-state index contributed by atoms with van der Waals surface area (Å²) >= 11 is 1.73. The van der Waals surface area contributed by atoms with Gasteiger partial charge in [-0.25, -0.2) is 0 Å². The fourth-order valence-corrected chi connectivity index (χ4v) is 2.00. The van der Waals surface area contributed by atoms with Gasteiger partial charge in [-0.05, 0) is 49.3 Å². The molecule has 0 aliphatic heterocycles. The second-order valence-corrected chi connectivity index (χ2v) is 4.42. The van der Waals surface area contributed by atoms with Crippen molar-refractivity contribution in [1.82, 2.24) is 0 Å². The molecule has 0 heterocycles. The van der Waals surface area contributed by atoms with Crippen LogP contribution in [-0.2, 0) is 11.2 Å². The summed E-state index contributed by atoms with van der Waals surface area (Å²) in [6.45, 7) is 2.08. The van der Waals surface area contributed by atoms with Crippen LogP contribution in [0, 0.1) is 6.92 Å². The Morgan fingerprint density at radius 2 is 2.20 bits per heavy atom. The molecule has 0 amide bonds. The second-order valence-electron chi connectivity index (χ2n) is 3.54. The lowest BCUT2D eigenvalue weighted by atomic mass is 10.0. The summed E-state index contributed by atoms with van der Waals surface area (Å²) in [5.74, 6) is -0.714. The number of benzene rings is 1. The van der Waals surface area contributed by atoms with Crippen LogP contribution in [0.15, 0.2) is 23.1 Å². The minimum absolute atomic E-state index is 0.254. The number of hydrogen-bond donors (Lipinski definition) is 1. The van der Waals surface area contributed by atoms with E-state index in [2.05, 4.69) is 31.4 Å². The molecule has 3 heteroatoms. The predicted octanol–water partition coefficient (Wildman–Crippen LogP) is 3.12. The predicted molar refractivity (Wildman–Crippen MR) is 63.5 cm³/mol. The first-order chi connectivity index (χ1) is 7.13. The van der Waals surface area contributed by atoms with Gasteiger partial charge in [-0.2, -0.15) is 0 Å². The lowest BCUT2D eigenvalue weighted by Crippen LogP contribution is -1.97. The maximum atomic E-state index is 10.4. The Morgan fingerprint density at radius 1 is 1.47 bits per heavy atom. The highest BCUT2D eigenvalue weighted by Gasteiger charge is 2.02. The van der Waals surface area contributed by atoms with Gasteiger partial charge < -0.3 is 5.11 Å². The van der Waals surface area contributed by atoms with Gasteiger partial charge in [0.2, 0.25) is 0 Å². The van der Waals surface area contributed by atoms with Crippen molar-refractivity contribution in [3.63, 3.8) is 0 Å². The first-order valence-electron chi connectivity index (χ1n) is 4.99. The molecule has 1 rings (SSSR count). The number of rotatable bonds is 5. The maximum absolute atomic E-state index is 10.4. The highest BCUT2D eigenvalue weighted by molar-refractivity contribution is 7.98. The Bertz CT molecular complexity index is 347. The maximum Gasteiger partial charge on any atom is 0.303 e. The van der Waals surface area contributed by atoms with Crippen LogP contribution in [0.4, 0.5) is 0 Å². The van der Waals surface area contributed by atoms with Crippen molar-refractivity contribution in [2.24, 2.45) is 0 Å². The van der Waals surface area contributed by atoms with E-state index >= 15 is 0 Å². The largest absolute Gasteiger partial charge is 0.481 e. The number of carboxylic acid groups (broad SMARTS) is 1. The summed E-state index contributed by atoms with van der Waals surface area (Å²) in [5, 5.41) is 8.54. The van der Waals surface area contributed by atoms with Crippen molar-refractivity contribution in [3.8, 4) is 0 Å². The third-order valence-electron chi connectivity index (χ3n) is 2.39. The molecule has 1 aromatic rings. The smallest absolute Gasteiger partial charge is 0.303 e. The van der Waals surface area contributed by atoms with E-state index in [1.807, 2.05) is 0 Å². The zero-order valence-corrected chi connectivity index (χ0v) is 9.93. The molecule has 1 aromatic carbocycles. The van der Waals surface area contributed by atoms with Crippen molar-refractivity contribution in [2.45, 2.75) is 31.1 Å². The minimum atomic E-state index is -0.714. The molecule has 0 aliphatic rings. The average molecular weight is 224 g/mol. The zero-order chi connectivity index (χ0) is 11.3. The van der Waals surface area contributed by atoms with Gasteiger partial charge in [0.05, 0.1) is 0 Å². The van der Waals surface area contributed by atoms with Crippen LogP contribution in [0.1, 0.15) is 24.0 Å². The lowest BCUT2D eigenvalue weighted by Gasteiger charge is -2.06. The molecule has 1 N–H and O–H groups in total. The topological polar surface area (TPSA) is 37.3 Å². The highest BCUT2D eigenvalue weighted by Crippen LogP contribution is 2.20. The average Bonchev–Trinajstić information content (AvgIpc) is 2.20. The third kappa shape index (κ3) is 3.96. The van der Waals surface area contributed by atoms with E-state index in [0.717, 1.165) is 12.8 Å². The number of carboxylic acids is 1. The van der Waals surface area contributed by atoms with Crippen molar-refractivity contribution in [3.05, 3.63) is 29.3 Å². The van der Waals surface area contributed by atoms with E-state index in [4.69, 9.17) is 5.11 Å². The molecular formula is C12H16O2S. The van der Waals surface area contributed by atoms with E-state index in [1.165, 1.54) is 16.0 Å². The monoisotopic (exact) mass is 224 g/mol. The quantitative estimate of drug-likeness (QED) is 0.781. The molecule has 0 fully saturated rings. The summed E-state index contributed by atoms with van der Waals surface area (Å²) in [6, 6.07) is 6.34. The first kappa shape index (κ1) is 12.1. The van der Waals surface area contributed by atoms with Crippen molar-refractivity contribution in [2.75, 3.05) is 6.26 Å². The molecular weight excluding hydrogens is 208 g/mol. The van der Waals surface area contributed by atoms with Crippen LogP contribution in [0.3, 0.4) is 0 Å². The Labute approximate surface area is 94.7 Å². The van der Waals surface area contributed by atoms with Crippen molar-refractivity contribution in [1.29, 1.82) is 0 Å². The molecule has 0 unspecified atom stereocenters. The van der Waals surface area contributed by atoms with Gasteiger partial charge in [0.25, 0.3) is 0 Å². The van der Waals surface area contributed by atoms with Crippen molar-refractivity contribution >= 4 is 17.7 Å². The normalized spacial score (nSPS) is 10.3. The van der Waals surface area contributed by atoms with Crippen LogP contribution in [-0.4, -0.2) is 17.3 Å². The standard InChI is InChI=1S/C12H16O2S/c1-9-8-11(15-2)7-6-10(9)4-3-5-12(13)14/h6-8H,3-5H2,1-2H3,(H,13,14). The number of aryl methyl sites for hydroxylation is 2. The van der Waals surface area contributed by atoms with Gasteiger partial charge in [0.15, 0.2) is 0 Å². The molecule has 82 valence electrons. The highest BCUT2D eigenvalue weighted by atomic mass is 32.2. The molecule has 0 atom stereocenters. The Hall–Kier alpha value is -0.960. The lowest BCUT2D eigenvalue weighted by molar-refractivity contribution is -0.137. The number of carbonyl (C=O) groups is 1. The van der Waals surface area contributed by atoms with E-state index < -0.39 is 5.97 Å². The molecule has 15 heavy (non-hydrogen) atoms. The van der Waals surface area contributed by atoms with E-state index in [9.17, 15) is 4.79 Å². The number of thioether (sulfide) groups is 1. The molecule has 0 radical (unpaired) electrons. The Kier molecular flexibility index (Phi) is 4.69. The second kappa shape index (κ2) is 5.81. The molecule has 2 nitrogen and oxygen atoms in total. The van der Waals surface area contributed by atoms with Crippen LogP contribution in [0.5, 0.6) is 0 Å². The van der Waals surface area contributed by atoms with Gasteiger partial charge >= 0.3 is 5.97 Å². The molecule has 0 saturated carbocycles. The summed E-state index contributed by atoms with van der Waals surface area (Å²) < 4.78 is 0. The number of aliphatic carboxylic acids is 1. The number of hydrogen-bond acceptors (Lipinski definition) is 2. The fourth-order valence-electron chi connectivity index (χ4n) is 1.51. The zero-order valence-electron chi connectivity index (χ0n) is 9.12. The van der Waals surface area contributed by atoms with Crippen molar-refractivity contribution < 1.29 is 9.90 Å². The van der Waals surface area contributed by atoms with Crippen LogP contribution >= 0.6 is 11.8 Å². The fraction of sp³-hybridized carbons (Fsp3) is 0.417. The molecule has 0 saturated heterocycles. The molecule has 0 bridgehead atoms. The van der Waals surface area contributed by atoms with Crippen LogP contribution in [0.2, 0.25) is 0 Å². The summed E-state index contributed by atoms with van der Waals surface area (Å²) in [5.41, 5.74) is 2.52. The van der Waals surface area contributed by atoms with Gasteiger partial charge in [-0.3, -0.25) is 4.79 Å². The third-order valence-corrected chi connectivity index (χ3v) is 3.11. The van der Waals surface area contributed by atoms with Gasteiger partial charge in [0.1, 0.15) is 0 Å². The van der Waals surface area contributed by atoms with E-state index in [1.54, 1.807) is 11.8 Å². The molecule has 0 aromatic heterocycles. The van der Waals surface area contributed by atoms with Gasteiger partial charge in [-0.15, -0.1) is 11.8 Å². The van der Waals surface area contributed by atoms with E-state index in [-0.39, 0.29) is 6.42 Å². The van der Waals surface area contributed by atoms with Gasteiger partial charge in [0, 0.05) is 11.3 Å². The van der Waals surface area contributed by atoms with Crippen LogP contribution < -0.4 is 0 Å². The summed E-state index contributed by atoms with van der Waals surface area (Å²) in [6.07, 6.45) is 3.88. The first-order valence-corrected chi connectivity index (χ1v) is 6.21. The minimum Gasteiger partial charge on any atom is -0.481 e. The van der Waals surface area contributed by atoms with E-state index in [0.29, 0.717) is 0 Å². The Balaban J connectivity index is 2.58. The summed E-state index contributed by atoms with van der Waals surface area (Å²) in [7, 11) is 0. The van der Waals surface area contributed by atoms with Crippen LogP contribution in [0.25, 0.3) is 0 Å². The van der Waals surface area contributed by atoms with Gasteiger partial charge in [-0.1, -0.05) is 6.07 Å². The Morgan fingerprint density at radius 3 is 2.73 bits per heavy atom. The molecule has 0 aliphatic carbocycles. The SMILES string of the molecule is CSc1ccc(CCCC(=O)O)c(C)c1.